The van der Waals surface area contributed by atoms with Crippen molar-refractivity contribution in [1.29, 1.82) is 0 Å². The largest absolute Gasteiger partial charge is 0.465 e. The maximum absolute atomic E-state index is 12.4. The van der Waals surface area contributed by atoms with Crippen LogP contribution in [0.1, 0.15) is 29.2 Å². The summed E-state index contributed by atoms with van der Waals surface area (Å²) in [5, 5.41) is 0. The van der Waals surface area contributed by atoms with E-state index in [4.69, 9.17) is 18.6 Å². The Morgan fingerprint density at radius 3 is 2.61 bits per heavy atom. The number of benzene rings is 1. The zero-order valence-electron chi connectivity index (χ0n) is 16.0. The van der Waals surface area contributed by atoms with Crippen molar-refractivity contribution in [3.05, 3.63) is 34.3 Å². The molecule has 0 spiro atoms. The summed E-state index contributed by atoms with van der Waals surface area (Å²) in [6.07, 6.45) is 1.22. The molecule has 0 bridgehead atoms. The first-order valence-electron chi connectivity index (χ1n) is 9.13. The van der Waals surface area contributed by atoms with Gasteiger partial charge in [-0.2, -0.15) is 0 Å². The predicted molar refractivity (Wildman–Crippen MR) is 99.4 cm³/mol. The fourth-order valence-corrected chi connectivity index (χ4v) is 3.39. The summed E-state index contributed by atoms with van der Waals surface area (Å²) in [5.74, 6) is -1.02. The van der Waals surface area contributed by atoms with Crippen molar-refractivity contribution in [3.63, 3.8) is 0 Å². The van der Waals surface area contributed by atoms with Crippen LogP contribution in [0.25, 0.3) is 11.1 Å². The maximum Gasteiger partial charge on any atom is 0.420 e. The number of rotatable bonds is 7. The monoisotopic (exact) mass is 392 g/mol. The number of oxazole rings is 1. The summed E-state index contributed by atoms with van der Waals surface area (Å²) in [6.45, 7) is 1.88. The van der Waals surface area contributed by atoms with Crippen molar-refractivity contribution >= 4 is 23.0 Å². The van der Waals surface area contributed by atoms with Gasteiger partial charge in [0.1, 0.15) is 6.61 Å². The van der Waals surface area contributed by atoms with Crippen LogP contribution in [0, 0.1) is 0 Å². The van der Waals surface area contributed by atoms with Gasteiger partial charge in [-0.1, -0.05) is 0 Å². The van der Waals surface area contributed by atoms with Gasteiger partial charge in [-0.15, -0.1) is 0 Å². The lowest BCUT2D eigenvalue weighted by Crippen LogP contribution is -2.42. The molecule has 0 saturated carbocycles. The van der Waals surface area contributed by atoms with Crippen LogP contribution in [0.3, 0.4) is 0 Å². The molecule has 1 aliphatic rings. The molecule has 1 amide bonds. The lowest BCUT2D eigenvalue weighted by atomic mass is 10.0. The molecule has 9 nitrogen and oxygen atoms in total. The molecule has 0 atom stereocenters. The van der Waals surface area contributed by atoms with E-state index in [1.807, 2.05) is 0 Å². The molecule has 0 unspecified atom stereocenters. The van der Waals surface area contributed by atoms with E-state index >= 15 is 0 Å². The van der Waals surface area contributed by atoms with E-state index in [0.29, 0.717) is 55.8 Å². The van der Waals surface area contributed by atoms with Gasteiger partial charge in [0.05, 0.1) is 31.4 Å². The van der Waals surface area contributed by atoms with E-state index in [0.717, 1.165) is 0 Å². The van der Waals surface area contributed by atoms with Gasteiger partial charge in [0.25, 0.3) is 0 Å². The number of hydrogen-bond donors (Lipinski definition) is 0. The van der Waals surface area contributed by atoms with Gasteiger partial charge >= 0.3 is 11.7 Å². The molecule has 0 radical (unpaired) electrons. The molecule has 0 aliphatic carbocycles. The van der Waals surface area contributed by atoms with Gasteiger partial charge in [-0.05, 0) is 31.0 Å². The van der Waals surface area contributed by atoms with Gasteiger partial charge in [0.2, 0.25) is 5.91 Å². The van der Waals surface area contributed by atoms with Gasteiger partial charge < -0.3 is 23.5 Å². The fraction of sp³-hybridized carbons (Fsp3) is 0.526. The second-order valence-corrected chi connectivity index (χ2v) is 6.57. The normalized spacial score (nSPS) is 15.1. The Hall–Kier alpha value is -2.65. The second kappa shape index (κ2) is 9.03. The molecule has 1 aromatic carbocycles. The first kappa shape index (κ1) is 20.1. The van der Waals surface area contributed by atoms with Gasteiger partial charge in [-0.25, -0.2) is 9.59 Å². The van der Waals surface area contributed by atoms with E-state index in [2.05, 4.69) is 0 Å². The molecule has 9 heteroatoms. The topological polar surface area (TPSA) is 100 Å². The molecule has 152 valence electrons. The van der Waals surface area contributed by atoms with Crippen LogP contribution in [0.2, 0.25) is 0 Å². The van der Waals surface area contributed by atoms with Gasteiger partial charge in [0.15, 0.2) is 5.58 Å². The lowest BCUT2D eigenvalue weighted by molar-refractivity contribution is -0.137. The minimum Gasteiger partial charge on any atom is -0.465 e. The number of carbonyl (C=O) groups is 2. The van der Waals surface area contributed by atoms with Crippen molar-refractivity contribution in [2.75, 3.05) is 47.1 Å². The van der Waals surface area contributed by atoms with Gasteiger partial charge in [0, 0.05) is 26.2 Å². The Labute approximate surface area is 161 Å². The number of fused-ring (bicyclic) bond motifs is 1. The van der Waals surface area contributed by atoms with Crippen molar-refractivity contribution in [1.82, 2.24) is 9.47 Å². The number of amides is 1. The maximum atomic E-state index is 12.4. The first-order chi connectivity index (χ1) is 13.5. The molecule has 0 N–H and O–H groups in total. The number of ether oxygens (including phenoxy) is 3. The van der Waals surface area contributed by atoms with E-state index in [1.54, 1.807) is 34.8 Å². The average molecular weight is 392 g/mol. The molecule has 1 saturated heterocycles. The second-order valence-electron chi connectivity index (χ2n) is 6.57. The first-order valence-corrected chi connectivity index (χ1v) is 9.13. The summed E-state index contributed by atoms with van der Waals surface area (Å²) in [7, 11) is 2.88. The highest BCUT2D eigenvalue weighted by Crippen LogP contribution is 2.26. The summed E-state index contributed by atoms with van der Waals surface area (Å²) in [5.41, 5.74) is 1.33. The quantitative estimate of drug-likeness (QED) is 0.516. The summed E-state index contributed by atoms with van der Waals surface area (Å²) in [4.78, 5) is 38.1. The number of esters is 1. The number of likely N-dealkylation sites (tertiary alicyclic amines) is 1. The number of aromatic nitrogens is 1. The predicted octanol–water partition coefficient (Wildman–Crippen LogP) is 1.21. The Bertz CT molecular complexity index is 893. The van der Waals surface area contributed by atoms with Crippen LogP contribution >= 0.6 is 0 Å². The van der Waals surface area contributed by atoms with Crippen LogP contribution < -0.4 is 5.76 Å². The van der Waals surface area contributed by atoms with Crippen LogP contribution in [0.4, 0.5) is 0 Å². The molecular formula is C19H24N2O7. The smallest absolute Gasteiger partial charge is 0.420 e. The van der Waals surface area contributed by atoms with E-state index in [-0.39, 0.29) is 18.6 Å². The van der Waals surface area contributed by atoms with Crippen LogP contribution in [-0.2, 0) is 19.0 Å². The Morgan fingerprint density at radius 2 is 1.93 bits per heavy atom. The van der Waals surface area contributed by atoms with E-state index in [1.165, 1.54) is 7.11 Å². The number of hydrogen-bond acceptors (Lipinski definition) is 7. The minimum absolute atomic E-state index is 0.0190. The number of methoxy groups -OCH3 is 2. The van der Waals surface area contributed by atoms with Crippen molar-refractivity contribution in [2.24, 2.45) is 0 Å². The molecular weight excluding hydrogens is 368 g/mol. The zero-order chi connectivity index (χ0) is 20.1. The van der Waals surface area contributed by atoms with Crippen LogP contribution in [0.15, 0.2) is 27.4 Å². The molecule has 1 aliphatic heterocycles. The third-order valence-corrected chi connectivity index (χ3v) is 4.87. The van der Waals surface area contributed by atoms with Gasteiger partial charge in [-0.3, -0.25) is 9.36 Å². The van der Waals surface area contributed by atoms with Crippen molar-refractivity contribution < 1.29 is 28.2 Å². The van der Waals surface area contributed by atoms with Crippen LogP contribution in [0.5, 0.6) is 0 Å². The summed E-state index contributed by atoms with van der Waals surface area (Å²) < 4.78 is 21.8. The average Bonchev–Trinajstić information content (AvgIpc) is 3.05. The molecule has 28 heavy (non-hydrogen) atoms. The molecule has 2 heterocycles. The van der Waals surface area contributed by atoms with Crippen LogP contribution in [-0.4, -0.2) is 68.5 Å². The summed E-state index contributed by atoms with van der Waals surface area (Å²) >= 11 is 0. The highest BCUT2D eigenvalue weighted by atomic mass is 16.5. The van der Waals surface area contributed by atoms with E-state index in [9.17, 15) is 14.4 Å². The minimum atomic E-state index is -0.476. The third kappa shape index (κ3) is 4.26. The molecule has 2 aromatic rings. The van der Waals surface area contributed by atoms with Crippen molar-refractivity contribution in [3.8, 4) is 0 Å². The zero-order valence-corrected chi connectivity index (χ0v) is 16.0. The molecule has 1 aromatic heterocycles. The molecule has 1 fully saturated rings. The SMILES string of the molecule is COCCOCC(=O)N1CCC(n2c(=O)oc3ccc(C(=O)OC)cc32)CC1. The number of nitrogens with zero attached hydrogens (tertiary/aromatic N) is 2. The third-order valence-electron chi connectivity index (χ3n) is 4.87. The van der Waals surface area contributed by atoms with E-state index < -0.39 is 11.7 Å². The standard InChI is InChI=1S/C19H24N2O7/c1-25-9-10-27-12-17(22)20-7-5-14(6-8-20)21-15-11-13(18(23)26-2)3-4-16(15)28-19(21)24/h3-4,11,14H,5-10,12H2,1-2H3. The lowest BCUT2D eigenvalue weighted by Gasteiger charge is -2.32. The highest BCUT2D eigenvalue weighted by Gasteiger charge is 2.27. The Kier molecular flexibility index (Phi) is 6.48. The number of carbonyl (C=O) groups excluding carboxylic acids is 2. The summed E-state index contributed by atoms with van der Waals surface area (Å²) in [6, 6.07) is 4.65. The fourth-order valence-electron chi connectivity index (χ4n) is 3.39. The Balaban J connectivity index is 1.69. The highest BCUT2D eigenvalue weighted by molar-refractivity contribution is 5.93. The Morgan fingerprint density at radius 1 is 1.18 bits per heavy atom. The molecule has 3 rings (SSSR count). The van der Waals surface area contributed by atoms with Crippen molar-refractivity contribution in [2.45, 2.75) is 18.9 Å². The number of piperidine rings is 1.